The molecule has 2 heterocycles. The number of nitrogens with zero attached hydrogens (tertiary/aromatic N) is 3. The second kappa shape index (κ2) is 10.1. The molecule has 194 valence electrons. The van der Waals surface area contributed by atoms with Crippen LogP contribution in [0.2, 0.25) is 5.02 Å². The Balaban J connectivity index is 1.75. The summed E-state index contributed by atoms with van der Waals surface area (Å²) in [6.45, 7) is 6.26. The minimum atomic E-state index is -0.336. The van der Waals surface area contributed by atoms with E-state index >= 15 is 0 Å². The van der Waals surface area contributed by atoms with Gasteiger partial charge in [0.15, 0.2) is 0 Å². The maximum absolute atomic E-state index is 13.6. The van der Waals surface area contributed by atoms with Crippen LogP contribution >= 0.6 is 23.4 Å². The summed E-state index contributed by atoms with van der Waals surface area (Å²) in [6, 6.07) is 15.5. The number of nitrogens with one attached hydrogen (secondary N) is 1. The first-order valence-corrected chi connectivity index (χ1v) is 13.8. The molecule has 0 spiro atoms. The number of rotatable bonds is 6. The van der Waals surface area contributed by atoms with Crippen molar-refractivity contribution in [2.45, 2.75) is 50.3 Å². The average Bonchev–Trinajstić information content (AvgIpc) is 3.61. The molecule has 7 nitrogen and oxygen atoms in total. The minimum Gasteiger partial charge on any atom is -0.497 e. The van der Waals surface area contributed by atoms with Crippen LogP contribution in [0.25, 0.3) is 5.69 Å². The van der Waals surface area contributed by atoms with Crippen molar-refractivity contribution in [3.05, 3.63) is 70.4 Å². The fourth-order valence-corrected chi connectivity index (χ4v) is 6.10. The summed E-state index contributed by atoms with van der Waals surface area (Å²) in [5, 5.41) is 8.53. The maximum atomic E-state index is 13.6. The second-order valence-electron chi connectivity index (χ2n) is 10.5. The number of ether oxygens (including phenoxy) is 1. The van der Waals surface area contributed by atoms with E-state index in [-0.39, 0.29) is 40.8 Å². The molecule has 0 saturated heterocycles. The Labute approximate surface area is 226 Å². The van der Waals surface area contributed by atoms with E-state index in [1.807, 2.05) is 48.5 Å². The molecule has 3 aromatic rings. The summed E-state index contributed by atoms with van der Waals surface area (Å²) < 4.78 is 7.15. The molecule has 2 aliphatic rings. The molecule has 1 saturated carbocycles. The van der Waals surface area contributed by atoms with Gasteiger partial charge in [0.1, 0.15) is 18.1 Å². The zero-order chi connectivity index (χ0) is 26.3. The zero-order valence-corrected chi connectivity index (χ0v) is 23.0. The van der Waals surface area contributed by atoms with E-state index in [1.165, 1.54) is 11.8 Å². The predicted octanol–water partition coefficient (Wildman–Crippen LogP) is 5.28. The molecule has 1 atom stereocenters. The van der Waals surface area contributed by atoms with Crippen LogP contribution in [0.4, 0.5) is 5.82 Å². The molecular weight excluding hydrogens is 508 g/mol. The van der Waals surface area contributed by atoms with Gasteiger partial charge in [-0.2, -0.15) is 5.10 Å². The van der Waals surface area contributed by atoms with Crippen LogP contribution < -0.4 is 15.0 Å². The lowest BCUT2D eigenvalue weighted by molar-refractivity contribution is -0.123. The number of carbonyl (C=O) groups excluding carboxylic acids is 2. The number of halogens is 1. The molecule has 2 amide bonds. The lowest BCUT2D eigenvalue weighted by atomic mass is 9.87. The first kappa shape index (κ1) is 25.7. The average molecular weight is 539 g/mol. The van der Waals surface area contributed by atoms with Gasteiger partial charge in [0.25, 0.3) is 0 Å². The van der Waals surface area contributed by atoms with Gasteiger partial charge in [-0.25, -0.2) is 4.68 Å². The monoisotopic (exact) mass is 538 g/mol. The topological polar surface area (TPSA) is 76.5 Å². The molecule has 0 bridgehead atoms. The summed E-state index contributed by atoms with van der Waals surface area (Å²) >= 11 is 8.23. The lowest BCUT2D eigenvalue weighted by Crippen LogP contribution is -2.43. The Hall–Kier alpha value is -2.97. The van der Waals surface area contributed by atoms with Crippen LogP contribution in [0.5, 0.6) is 5.75 Å². The van der Waals surface area contributed by atoms with E-state index in [4.69, 9.17) is 21.4 Å². The van der Waals surface area contributed by atoms with Crippen molar-refractivity contribution in [2.75, 3.05) is 24.3 Å². The van der Waals surface area contributed by atoms with E-state index in [1.54, 1.807) is 16.7 Å². The summed E-state index contributed by atoms with van der Waals surface area (Å²) in [7, 11) is 1.62. The molecular formula is C28H31ClN4O3S. The molecule has 9 heteroatoms. The number of amides is 2. The first-order chi connectivity index (χ1) is 17.7. The van der Waals surface area contributed by atoms with E-state index in [0.29, 0.717) is 10.8 Å². The highest BCUT2D eigenvalue weighted by atomic mass is 35.5. The van der Waals surface area contributed by atoms with Crippen molar-refractivity contribution < 1.29 is 14.3 Å². The van der Waals surface area contributed by atoms with E-state index in [2.05, 4.69) is 26.1 Å². The molecule has 1 aliphatic heterocycles. The third-order valence-corrected chi connectivity index (χ3v) is 8.13. The van der Waals surface area contributed by atoms with E-state index in [9.17, 15) is 9.59 Å². The fourth-order valence-electron chi connectivity index (χ4n) is 4.55. The van der Waals surface area contributed by atoms with Crippen LogP contribution in [0, 0.1) is 0 Å². The van der Waals surface area contributed by atoms with Crippen molar-refractivity contribution in [3.8, 4) is 11.4 Å². The van der Waals surface area contributed by atoms with Crippen molar-refractivity contribution in [1.29, 1.82) is 0 Å². The van der Waals surface area contributed by atoms with Crippen molar-refractivity contribution in [2.24, 2.45) is 0 Å². The molecule has 0 radical (unpaired) electrons. The standard InChI is InChI=1S/C28H31ClN4O3S/c1-28(2,3)26-24-25(20-7-5-6-8-21(20)29)37-16-23(35)32(15-22(34)30-17-9-10-17)27(24)33(31-26)18-11-13-19(36-4)14-12-18/h5-8,11-14,17,25H,9-10,15-16H2,1-4H3,(H,30,34). The number of thioether (sulfide) groups is 1. The number of fused-ring (bicyclic) bond motifs is 1. The highest BCUT2D eigenvalue weighted by Crippen LogP contribution is 2.49. The molecule has 5 rings (SSSR count). The smallest absolute Gasteiger partial charge is 0.240 e. The molecule has 1 fully saturated rings. The van der Waals surface area contributed by atoms with Crippen LogP contribution in [0.3, 0.4) is 0 Å². The first-order valence-electron chi connectivity index (χ1n) is 12.4. The van der Waals surface area contributed by atoms with E-state index in [0.717, 1.165) is 41.1 Å². The normalized spacial score (nSPS) is 17.8. The van der Waals surface area contributed by atoms with Gasteiger partial charge in [0.05, 0.1) is 29.5 Å². The van der Waals surface area contributed by atoms with Crippen molar-refractivity contribution in [3.63, 3.8) is 0 Å². The van der Waals surface area contributed by atoms with Gasteiger partial charge in [-0.3, -0.25) is 14.5 Å². The Morgan fingerprint density at radius 1 is 1.16 bits per heavy atom. The maximum Gasteiger partial charge on any atom is 0.240 e. The quantitative estimate of drug-likeness (QED) is 0.462. The second-order valence-corrected chi connectivity index (χ2v) is 12.0. The third kappa shape index (κ3) is 5.22. The van der Waals surface area contributed by atoms with Crippen LogP contribution in [-0.4, -0.2) is 47.0 Å². The van der Waals surface area contributed by atoms with Gasteiger partial charge in [0, 0.05) is 22.0 Å². The SMILES string of the molecule is COc1ccc(-n2nc(C(C)(C)C)c3c2N(CC(=O)NC2CC2)C(=O)CSC3c2ccccc2Cl)cc1. The Kier molecular flexibility index (Phi) is 6.98. The van der Waals surface area contributed by atoms with Gasteiger partial charge < -0.3 is 10.1 Å². The third-order valence-electron chi connectivity index (χ3n) is 6.55. The summed E-state index contributed by atoms with van der Waals surface area (Å²) in [5.41, 5.74) is 3.13. The molecule has 1 aromatic heterocycles. The molecule has 1 unspecified atom stereocenters. The summed E-state index contributed by atoms with van der Waals surface area (Å²) in [6.07, 6.45) is 1.96. The van der Waals surface area contributed by atoms with Crippen LogP contribution in [-0.2, 0) is 15.0 Å². The lowest BCUT2D eigenvalue weighted by Gasteiger charge is -2.25. The largest absolute Gasteiger partial charge is 0.497 e. The van der Waals surface area contributed by atoms with Crippen LogP contribution in [0.15, 0.2) is 48.5 Å². The number of methoxy groups -OCH3 is 1. The number of hydrogen-bond acceptors (Lipinski definition) is 5. The number of hydrogen-bond donors (Lipinski definition) is 1. The number of aromatic nitrogens is 2. The van der Waals surface area contributed by atoms with Gasteiger partial charge in [0.2, 0.25) is 11.8 Å². The van der Waals surface area contributed by atoms with Gasteiger partial charge in [-0.15, -0.1) is 11.8 Å². The number of benzene rings is 2. The fraction of sp³-hybridized carbons (Fsp3) is 0.393. The van der Waals surface area contributed by atoms with Crippen molar-refractivity contribution >= 4 is 41.0 Å². The summed E-state index contributed by atoms with van der Waals surface area (Å²) in [5.74, 6) is 1.25. The highest BCUT2D eigenvalue weighted by molar-refractivity contribution is 8.00. The molecule has 1 N–H and O–H groups in total. The minimum absolute atomic E-state index is 0.0659. The Morgan fingerprint density at radius 3 is 2.49 bits per heavy atom. The van der Waals surface area contributed by atoms with E-state index < -0.39 is 0 Å². The van der Waals surface area contributed by atoms with Gasteiger partial charge >= 0.3 is 0 Å². The number of carbonyl (C=O) groups is 2. The zero-order valence-electron chi connectivity index (χ0n) is 21.5. The van der Waals surface area contributed by atoms with Gasteiger partial charge in [-0.1, -0.05) is 50.6 Å². The van der Waals surface area contributed by atoms with Crippen LogP contribution in [0.1, 0.15) is 55.7 Å². The molecule has 1 aliphatic carbocycles. The highest BCUT2D eigenvalue weighted by Gasteiger charge is 2.40. The number of anilines is 1. The van der Waals surface area contributed by atoms with Gasteiger partial charge in [-0.05, 0) is 48.7 Å². The Bertz CT molecular complexity index is 1330. The van der Waals surface area contributed by atoms with Crippen molar-refractivity contribution in [1.82, 2.24) is 15.1 Å². The molecule has 2 aromatic carbocycles. The molecule has 37 heavy (non-hydrogen) atoms. The predicted molar refractivity (Wildman–Crippen MR) is 148 cm³/mol. The summed E-state index contributed by atoms with van der Waals surface area (Å²) in [4.78, 5) is 28.2. The Morgan fingerprint density at radius 2 is 1.86 bits per heavy atom.